The highest BCUT2D eigenvalue weighted by molar-refractivity contribution is 7.27. The molecule has 2 amide bonds. The van der Waals surface area contributed by atoms with Gasteiger partial charge in [-0.3, -0.25) is 14.5 Å². The number of carbonyl (C=O) groups excluding carboxylic acids is 2. The van der Waals surface area contributed by atoms with Crippen molar-refractivity contribution in [3.63, 3.8) is 0 Å². The van der Waals surface area contributed by atoms with Crippen LogP contribution < -0.4 is 0 Å². The molecular weight excluding hydrogens is 879 g/mol. The summed E-state index contributed by atoms with van der Waals surface area (Å²) in [6, 6.07) is 27.6. The zero-order valence-electron chi connectivity index (χ0n) is 40.7. The number of rotatable bonds is 24. The molecule has 4 aromatic heterocycles. The van der Waals surface area contributed by atoms with Gasteiger partial charge in [-0.25, -0.2) is 0 Å². The van der Waals surface area contributed by atoms with E-state index < -0.39 is 0 Å². The number of furan rings is 1. The van der Waals surface area contributed by atoms with E-state index in [1.165, 1.54) is 159 Å². The van der Waals surface area contributed by atoms with E-state index in [9.17, 15) is 9.59 Å². The molecule has 0 unspecified atom stereocenters. The van der Waals surface area contributed by atoms with Gasteiger partial charge in [0.15, 0.2) is 11.5 Å². The van der Waals surface area contributed by atoms with Gasteiger partial charge < -0.3 is 4.42 Å². The predicted molar refractivity (Wildman–Crippen MR) is 291 cm³/mol. The van der Waals surface area contributed by atoms with E-state index >= 15 is 0 Å². The maximum Gasteiger partial charge on any atom is 0.265 e. The highest BCUT2D eigenvalue weighted by Crippen LogP contribution is 2.48. The van der Waals surface area contributed by atoms with Gasteiger partial charge >= 0.3 is 0 Å². The molecule has 0 bridgehead atoms. The van der Waals surface area contributed by atoms with Crippen LogP contribution in [0.1, 0.15) is 179 Å². The smallest absolute Gasteiger partial charge is 0.265 e. The summed E-state index contributed by atoms with van der Waals surface area (Å²) in [5.74, 6) is 0.624. The molecule has 350 valence electrons. The second-order valence-corrected chi connectivity index (χ2v) is 22.8. The Morgan fingerprint density at radius 1 is 0.463 bits per heavy atom. The molecule has 4 nitrogen and oxygen atoms in total. The average molecular weight is 948 g/mol. The summed E-state index contributed by atoms with van der Waals surface area (Å²) in [5.41, 5.74) is 6.38. The first kappa shape index (κ1) is 47.5. The molecule has 0 radical (unpaired) electrons. The standard InChI is InChI=1S/C60H69NO3S3/c1-6-9-12-15-16-17-18-19-20-23-34-61-59(62)53-54(60(61)63)56(64-55(53)51-31-26-40(5)65-51)52-33-32-50(66-52)47-37-44-28-30-46-45-29-27-43-35-39(4)41(24-21-13-10-7-2)36-48(43)57(45)67-58(46)49(44)38-42(47)25-22-14-11-8-3/h26-33,35-38H,6-25,34H2,1-5H3. The van der Waals surface area contributed by atoms with Crippen molar-refractivity contribution >= 4 is 87.5 Å². The zero-order valence-corrected chi connectivity index (χ0v) is 43.1. The second-order valence-electron chi connectivity index (χ2n) is 19.4. The van der Waals surface area contributed by atoms with Crippen LogP contribution in [0.4, 0.5) is 0 Å². The van der Waals surface area contributed by atoms with Crippen LogP contribution in [0.2, 0.25) is 0 Å². The van der Waals surface area contributed by atoms with E-state index in [0.29, 0.717) is 29.2 Å². The fourth-order valence-electron chi connectivity index (χ4n) is 10.5. The Hall–Kier alpha value is -4.56. The molecular formula is C60H69NO3S3. The van der Waals surface area contributed by atoms with Gasteiger partial charge in [-0.05, 0) is 132 Å². The Morgan fingerprint density at radius 2 is 0.955 bits per heavy atom. The molecule has 0 N–H and O–H groups in total. The lowest BCUT2D eigenvalue weighted by atomic mass is 9.94. The highest BCUT2D eigenvalue weighted by atomic mass is 32.1. The molecule has 67 heavy (non-hydrogen) atoms. The first-order valence-electron chi connectivity index (χ1n) is 25.8. The molecule has 0 saturated heterocycles. The fraction of sp³-hybridized carbons (Fsp3) is 0.433. The molecule has 9 rings (SSSR count). The summed E-state index contributed by atoms with van der Waals surface area (Å²) in [6.45, 7) is 11.6. The van der Waals surface area contributed by atoms with E-state index in [4.69, 9.17) is 4.42 Å². The van der Waals surface area contributed by atoms with Gasteiger partial charge in [-0.15, -0.1) is 34.0 Å². The van der Waals surface area contributed by atoms with Crippen molar-refractivity contribution < 1.29 is 14.0 Å². The number of carbonyl (C=O) groups is 2. The second kappa shape index (κ2) is 21.8. The topological polar surface area (TPSA) is 50.5 Å². The van der Waals surface area contributed by atoms with E-state index in [-0.39, 0.29) is 11.8 Å². The largest absolute Gasteiger partial charge is 0.453 e. The van der Waals surface area contributed by atoms with Crippen molar-refractivity contribution in [3.8, 4) is 31.7 Å². The van der Waals surface area contributed by atoms with Crippen LogP contribution >= 0.6 is 34.0 Å². The lowest BCUT2D eigenvalue weighted by molar-refractivity contribution is 0.0649. The molecule has 5 heterocycles. The van der Waals surface area contributed by atoms with Gasteiger partial charge in [-0.2, -0.15) is 0 Å². The number of hydrogen-bond acceptors (Lipinski definition) is 6. The van der Waals surface area contributed by atoms with E-state index in [1.807, 2.05) is 17.4 Å². The van der Waals surface area contributed by atoms with Crippen LogP contribution in [0.5, 0.6) is 0 Å². The van der Waals surface area contributed by atoms with Crippen LogP contribution in [-0.4, -0.2) is 23.3 Å². The third-order valence-corrected chi connectivity index (χ3v) is 17.7. The summed E-state index contributed by atoms with van der Waals surface area (Å²) < 4.78 is 9.47. The SMILES string of the molecule is CCCCCCCCCCCCN1C(=O)c2c(-c3ccc(C)s3)oc(-c3ccc(-c4cc5ccc6c7ccc8cc(C)c(CCCCCC)cc8c7sc6c5cc4CCCCCC)s3)c2C1=O. The minimum Gasteiger partial charge on any atom is -0.453 e. The van der Waals surface area contributed by atoms with Crippen molar-refractivity contribution in [2.24, 2.45) is 0 Å². The fourth-order valence-corrected chi connectivity index (χ4v) is 13.8. The van der Waals surface area contributed by atoms with Crippen molar-refractivity contribution in [2.45, 2.75) is 163 Å². The third-order valence-electron chi connectivity index (χ3n) is 14.3. The Kier molecular flexibility index (Phi) is 15.5. The molecule has 7 heteroatoms. The maximum atomic E-state index is 14.4. The van der Waals surface area contributed by atoms with Crippen LogP contribution in [-0.2, 0) is 12.8 Å². The zero-order chi connectivity index (χ0) is 46.4. The summed E-state index contributed by atoms with van der Waals surface area (Å²) in [7, 11) is 0. The van der Waals surface area contributed by atoms with E-state index in [2.05, 4.69) is 101 Å². The number of amides is 2. The molecule has 0 saturated carbocycles. The minimum atomic E-state index is -0.218. The van der Waals surface area contributed by atoms with Crippen LogP contribution in [0.15, 0.2) is 77.2 Å². The van der Waals surface area contributed by atoms with Gasteiger partial charge in [-0.1, -0.05) is 147 Å². The Labute approximate surface area is 410 Å². The van der Waals surface area contributed by atoms with Gasteiger partial charge in [0.1, 0.15) is 11.1 Å². The van der Waals surface area contributed by atoms with Gasteiger partial charge in [0.25, 0.3) is 11.8 Å². The number of imide groups is 1. The Balaban J connectivity index is 1.04. The van der Waals surface area contributed by atoms with E-state index in [0.717, 1.165) is 58.0 Å². The molecule has 8 aromatic rings. The van der Waals surface area contributed by atoms with Gasteiger partial charge in [0, 0.05) is 36.5 Å². The van der Waals surface area contributed by atoms with Crippen LogP contribution in [0, 0.1) is 13.8 Å². The molecule has 4 aromatic carbocycles. The van der Waals surface area contributed by atoms with Crippen molar-refractivity contribution in [1.29, 1.82) is 0 Å². The number of thiophene rings is 3. The first-order chi connectivity index (χ1) is 32.8. The first-order valence-corrected chi connectivity index (χ1v) is 28.3. The summed E-state index contributed by atoms with van der Waals surface area (Å²) in [4.78, 5) is 34.2. The summed E-state index contributed by atoms with van der Waals surface area (Å²) in [6.07, 6.45) is 24.1. The van der Waals surface area contributed by atoms with Crippen molar-refractivity contribution in [3.05, 3.63) is 105 Å². The highest BCUT2D eigenvalue weighted by Gasteiger charge is 2.44. The molecule has 1 aliphatic rings. The van der Waals surface area contributed by atoms with Gasteiger partial charge in [0.05, 0.1) is 9.75 Å². The maximum absolute atomic E-state index is 14.4. The Morgan fingerprint density at radius 3 is 1.54 bits per heavy atom. The third kappa shape index (κ3) is 9.99. The van der Waals surface area contributed by atoms with Crippen molar-refractivity contribution in [1.82, 2.24) is 4.90 Å². The quantitative estimate of drug-likeness (QED) is 0.0448. The lowest BCUT2D eigenvalue weighted by Gasteiger charge is -2.14. The number of benzene rings is 4. The molecule has 0 spiro atoms. The average Bonchev–Trinajstić information content (AvgIpc) is 4.18. The number of hydrogen-bond donors (Lipinski definition) is 0. The van der Waals surface area contributed by atoms with Crippen LogP contribution in [0.3, 0.4) is 0 Å². The molecule has 1 aliphatic heterocycles. The normalized spacial score (nSPS) is 12.9. The monoisotopic (exact) mass is 947 g/mol. The van der Waals surface area contributed by atoms with Crippen LogP contribution in [0.25, 0.3) is 73.4 Å². The van der Waals surface area contributed by atoms with Gasteiger partial charge in [0.2, 0.25) is 0 Å². The number of fused-ring (bicyclic) bond motifs is 8. The molecule has 0 fully saturated rings. The number of aryl methyl sites for hydroxylation is 4. The number of unbranched alkanes of at least 4 members (excludes halogenated alkanes) is 15. The summed E-state index contributed by atoms with van der Waals surface area (Å²) >= 11 is 5.25. The Bertz CT molecular complexity index is 3030. The lowest BCUT2D eigenvalue weighted by Crippen LogP contribution is -2.31. The minimum absolute atomic E-state index is 0.217. The summed E-state index contributed by atoms with van der Waals surface area (Å²) in [5, 5.41) is 7.98. The van der Waals surface area contributed by atoms with E-state index in [1.54, 1.807) is 22.7 Å². The van der Waals surface area contributed by atoms with Crippen molar-refractivity contribution in [2.75, 3.05) is 6.54 Å². The number of nitrogens with zero attached hydrogens (tertiary/aromatic N) is 1. The molecule has 0 atom stereocenters. The molecule has 0 aliphatic carbocycles. The predicted octanol–water partition coefficient (Wildman–Crippen LogP) is 19.5.